The molecule has 1 saturated heterocycles. The third kappa shape index (κ3) is 3.99. The van der Waals surface area contributed by atoms with Gasteiger partial charge in [-0.15, -0.1) is 11.8 Å². The highest BCUT2D eigenvalue weighted by molar-refractivity contribution is 5.01. The van der Waals surface area contributed by atoms with Gasteiger partial charge in [0.1, 0.15) is 0 Å². The predicted octanol–water partition coefficient (Wildman–Crippen LogP) is 1.67. The number of ether oxygens (including phenoxy) is 1. The van der Waals surface area contributed by atoms with Crippen LogP contribution in [0.5, 0.6) is 0 Å². The van der Waals surface area contributed by atoms with Crippen molar-refractivity contribution in [2.24, 2.45) is 5.73 Å². The molecule has 0 saturated carbocycles. The Morgan fingerprint density at radius 2 is 2.24 bits per heavy atom. The van der Waals surface area contributed by atoms with Crippen LogP contribution in [0.1, 0.15) is 46.5 Å². The van der Waals surface area contributed by atoms with E-state index in [0.717, 1.165) is 38.8 Å². The average molecular weight is 238 g/mol. The van der Waals surface area contributed by atoms with Crippen LogP contribution in [-0.4, -0.2) is 30.8 Å². The van der Waals surface area contributed by atoms with Gasteiger partial charge in [-0.2, -0.15) is 0 Å². The van der Waals surface area contributed by atoms with Crippen molar-refractivity contribution in [1.29, 1.82) is 0 Å². The summed E-state index contributed by atoms with van der Waals surface area (Å²) in [5, 5.41) is 3.60. The van der Waals surface area contributed by atoms with Crippen molar-refractivity contribution in [3.05, 3.63) is 0 Å². The lowest BCUT2D eigenvalue weighted by molar-refractivity contribution is -0.0992. The quantitative estimate of drug-likeness (QED) is 0.566. The summed E-state index contributed by atoms with van der Waals surface area (Å²) in [6.07, 6.45) is 3.92. The Hall–Kier alpha value is -0.560. The maximum absolute atomic E-state index is 5.97. The Labute approximate surface area is 105 Å². The highest BCUT2D eigenvalue weighted by Crippen LogP contribution is 2.33. The first-order valence-electron chi connectivity index (χ1n) is 6.58. The molecule has 0 spiro atoms. The van der Waals surface area contributed by atoms with Crippen molar-refractivity contribution in [3.63, 3.8) is 0 Å². The number of nitrogens with two attached hydrogens (primary N) is 1. The molecule has 3 N–H and O–H groups in total. The summed E-state index contributed by atoms with van der Waals surface area (Å²) in [6, 6.07) is 0. The van der Waals surface area contributed by atoms with Crippen molar-refractivity contribution in [1.82, 2.24) is 5.32 Å². The maximum Gasteiger partial charge on any atom is 0.0670 e. The van der Waals surface area contributed by atoms with Crippen LogP contribution in [0, 0.1) is 11.8 Å². The van der Waals surface area contributed by atoms with Gasteiger partial charge in [-0.05, 0) is 33.1 Å². The van der Waals surface area contributed by atoms with Crippen LogP contribution in [0.3, 0.4) is 0 Å². The van der Waals surface area contributed by atoms with Gasteiger partial charge in [0.25, 0.3) is 0 Å². The molecule has 17 heavy (non-hydrogen) atoms. The smallest absolute Gasteiger partial charge is 0.0670 e. The molecule has 98 valence electrons. The number of nitrogens with one attached hydrogen (secondary N) is 1. The van der Waals surface area contributed by atoms with E-state index in [0.29, 0.717) is 6.54 Å². The molecule has 0 aromatic heterocycles. The number of hydrogen-bond donors (Lipinski definition) is 2. The van der Waals surface area contributed by atoms with Crippen LogP contribution < -0.4 is 11.1 Å². The Morgan fingerprint density at radius 3 is 2.82 bits per heavy atom. The van der Waals surface area contributed by atoms with Gasteiger partial charge in [0.2, 0.25) is 0 Å². The fourth-order valence-electron chi connectivity index (χ4n) is 2.49. The number of rotatable bonds is 5. The summed E-state index contributed by atoms with van der Waals surface area (Å²) < 4.78 is 5.88. The van der Waals surface area contributed by atoms with Crippen LogP contribution in [0.4, 0.5) is 0 Å². The lowest BCUT2D eigenvalue weighted by Gasteiger charge is -2.46. The summed E-state index contributed by atoms with van der Waals surface area (Å²) in [5.74, 6) is 6.00. The SMILES string of the molecule is CC#CCCNC1(CN)CCOC(C)(CC)C1. The monoisotopic (exact) mass is 238 g/mol. The lowest BCUT2D eigenvalue weighted by atomic mass is 9.79. The molecule has 1 aliphatic rings. The van der Waals surface area contributed by atoms with E-state index in [-0.39, 0.29) is 11.1 Å². The van der Waals surface area contributed by atoms with Gasteiger partial charge in [0.05, 0.1) is 5.60 Å². The second-order valence-corrected chi connectivity index (χ2v) is 5.17. The normalized spacial score (nSPS) is 32.9. The topological polar surface area (TPSA) is 47.3 Å². The van der Waals surface area contributed by atoms with Crippen molar-refractivity contribution >= 4 is 0 Å². The van der Waals surface area contributed by atoms with Crippen molar-refractivity contribution in [3.8, 4) is 11.8 Å². The fraction of sp³-hybridized carbons (Fsp3) is 0.857. The first-order chi connectivity index (χ1) is 8.10. The lowest BCUT2D eigenvalue weighted by Crippen LogP contribution is -2.59. The van der Waals surface area contributed by atoms with E-state index in [2.05, 4.69) is 31.0 Å². The highest BCUT2D eigenvalue weighted by Gasteiger charge is 2.40. The van der Waals surface area contributed by atoms with E-state index in [4.69, 9.17) is 10.5 Å². The molecule has 1 rings (SSSR count). The molecule has 0 bridgehead atoms. The Morgan fingerprint density at radius 1 is 1.47 bits per heavy atom. The molecule has 0 amide bonds. The van der Waals surface area contributed by atoms with Gasteiger partial charge < -0.3 is 15.8 Å². The van der Waals surface area contributed by atoms with Crippen LogP contribution in [0.2, 0.25) is 0 Å². The molecule has 2 atom stereocenters. The molecular weight excluding hydrogens is 212 g/mol. The van der Waals surface area contributed by atoms with Gasteiger partial charge in [-0.1, -0.05) is 6.92 Å². The molecule has 3 heteroatoms. The molecule has 0 aliphatic carbocycles. The summed E-state index contributed by atoms with van der Waals surface area (Å²) in [6.45, 7) is 8.62. The summed E-state index contributed by atoms with van der Waals surface area (Å²) >= 11 is 0. The fourth-order valence-corrected chi connectivity index (χ4v) is 2.49. The zero-order valence-electron chi connectivity index (χ0n) is 11.4. The van der Waals surface area contributed by atoms with Gasteiger partial charge in [0.15, 0.2) is 0 Å². The second-order valence-electron chi connectivity index (χ2n) is 5.17. The zero-order chi connectivity index (χ0) is 12.8. The first-order valence-corrected chi connectivity index (χ1v) is 6.58. The second kappa shape index (κ2) is 6.39. The average Bonchev–Trinajstić information content (AvgIpc) is 2.35. The zero-order valence-corrected chi connectivity index (χ0v) is 11.4. The van der Waals surface area contributed by atoms with E-state index in [9.17, 15) is 0 Å². The van der Waals surface area contributed by atoms with E-state index in [1.807, 2.05) is 6.92 Å². The highest BCUT2D eigenvalue weighted by atomic mass is 16.5. The molecule has 1 aliphatic heterocycles. The Kier molecular flexibility index (Phi) is 5.45. The summed E-state index contributed by atoms with van der Waals surface area (Å²) in [7, 11) is 0. The molecule has 1 heterocycles. The van der Waals surface area contributed by atoms with Crippen LogP contribution in [-0.2, 0) is 4.74 Å². The van der Waals surface area contributed by atoms with Crippen LogP contribution >= 0.6 is 0 Å². The summed E-state index contributed by atoms with van der Waals surface area (Å²) in [5.41, 5.74) is 5.99. The molecule has 0 aromatic rings. The molecule has 1 fully saturated rings. The molecule has 2 unspecified atom stereocenters. The van der Waals surface area contributed by atoms with E-state index in [1.54, 1.807) is 0 Å². The van der Waals surface area contributed by atoms with Crippen LogP contribution in [0.15, 0.2) is 0 Å². The standard InChI is InChI=1S/C14H26N2O/c1-4-6-7-9-16-14(12-15)8-10-17-13(3,5-2)11-14/h16H,5,7-12,15H2,1-3H3. The Balaban J connectivity index is 2.56. The van der Waals surface area contributed by atoms with E-state index >= 15 is 0 Å². The summed E-state index contributed by atoms with van der Waals surface area (Å²) in [4.78, 5) is 0. The molecule has 0 aromatic carbocycles. The molecule has 3 nitrogen and oxygen atoms in total. The van der Waals surface area contributed by atoms with Crippen molar-refractivity contribution in [2.45, 2.75) is 57.6 Å². The molecular formula is C14H26N2O. The third-order valence-corrected chi connectivity index (χ3v) is 3.81. The van der Waals surface area contributed by atoms with Crippen molar-refractivity contribution < 1.29 is 4.74 Å². The minimum absolute atomic E-state index is 0.0267. The number of hydrogen-bond acceptors (Lipinski definition) is 3. The maximum atomic E-state index is 5.97. The first kappa shape index (κ1) is 14.5. The Bertz CT molecular complexity index is 294. The third-order valence-electron chi connectivity index (χ3n) is 3.81. The van der Waals surface area contributed by atoms with Gasteiger partial charge in [-0.25, -0.2) is 0 Å². The van der Waals surface area contributed by atoms with Gasteiger partial charge in [-0.3, -0.25) is 0 Å². The minimum atomic E-state index is -0.0267. The van der Waals surface area contributed by atoms with Crippen LogP contribution in [0.25, 0.3) is 0 Å². The van der Waals surface area contributed by atoms with Gasteiger partial charge in [0, 0.05) is 31.7 Å². The van der Waals surface area contributed by atoms with E-state index in [1.165, 1.54) is 0 Å². The predicted molar refractivity (Wildman–Crippen MR) is 71.7 cm³/mol. The largest absolute Gasteiger partial charge is 0.375 e. The van der Waals surface area contributed by atoms with Crippen molar-refractivity contribution in [2.75, 3.05) is 19.7 Å². The van der Waals surface area contributed by atoms with Gasteiger partial charge >= 0.3 is 0 Å². The molecule has 0 radical (unpaired) electrons. The van der Waals surface area contributed by atoms with E-state index < -0.39 is 0 Å². The minimum Gasteiger partial charge on any atom is -0.375 e.